The van der Waals surface area contributed by atoms with Crippen molar-refractivity contribution in [1.29, 1.82) is 0 Å². The Bertz CT molecular complexity index is 1260. The Morgan fingerprint density at radius 2 is 1.70 bits per heavy atom. The highest BCUT2D eigenvalue weighted by atomic mass is 32.2. The van der Waals surface area contributed by atoms with E-state index in [1.807, 2.05) is 18.2 Å². The molecule has 8 nitrogen and oxygen atoms in total. The first-order chi connectivity index (χ1) is 16.0. The van der Waals surface area contributed by atoms with E-state index in [0.717, 1.165) is 11.1 Å². The number of carbonyl (C=O) groups excluding carboxylic acids is 1. The minimum Gasteiger partial charge on any atom is -0.454 e. The lowest BCUT2D eigenvalue weighted by atomic mass is 10.1. The molecule has 0 spiro atoms. The Labute approximate surface area is 195 Å². The lowest BCUT2D eigenvalue weighted by Crippen LogP contribution is -2.41. The van der Waals surface area contributed by atoms with E-state index >= 15 is 0 Å². The minimum absolute atomic E-state index is 0.0368. The molecule has 2 aliphatic rings. The first kappa shape index (κ1) is 21.7. The summed E-state index contributed by atoms with van der Waals surface area (Å²) in [6, 6.07) is 12.2. The molecule has 3 aromatic rings. The molecule has 1 fully saturated rings. The van der Waals surface area contributed by atoms with Crippen LogP contribution in [0.4, 0.5) is 5.69 Å². The van der Waals surface area contributed by atoms with E-state index in [1.165, 1.54) is 11.3 Å². The number of rotatable bonds is 6. The van der Waals surface area contributed by atoms with Crippen molar-refractivity contribution in [1.82, 2.24) is 4.90 Å². The normalized spacial score (nSPS) is 15.5. The lowest BCUT2D eigenvalue weighted by molar-refractivity contribution is -0.134. The number of amides is 1. The molecule has 0 unspecified atom stereocenters. The third-order valence-electron chi connectivity index (χ3n) is 5.56. The maximum absolute atomic E-state index is 13.0. The number of ether oxygens (including phenoxy) is 3. The van der Waals surface area contributed by atoms with Crippen molar-refractivity contribution >= 4 is 33.0 Å². The van der Waals surface area contributed by atoms with Gasteiger partial charge in [0.05, 0.1) is 30.2 Å². The number of anilines is 1. The largest absolute Gasteiger partial charge is 0.454 e. The average Bonchev–Trinajstić information content (AvgIpc) is 3.48. The lowest BCUT2D eigenvalue weighted by Gasteiger charge is -2.26. The van der Waals surface area contributed by atoms with E-state index in [2.05, 4.69) is 4.72 Å². The van der Waals surface area contributed by atoms with E-state index in [1.54, 1.807) is 39.9 Å². The molecule has 0 saturated carbocycles. The van der Waals surface area contributed by atoms with Crippen LogP contribution >= 0.6 is 11.3 Å². The fourth-order valence-corrected chi connectivity index (χ4v) is 5.70. The van der Waals surface area contributed by atoms with Crippen LogP contribution in [0.1, 0.15) is 5.56 Å². The van der Waals surface area contributed by atoms with Crippen LogP contribution in [-0.2, 0) is 26.0 Å². The van der Waals surface area contributed by atoms with Gasteiger partial charge in [0.2, 0.25) is 12.7 Å². The van der Waals surface area contributed by atoms with E-state index in [9.17, 15) is 13.2 Å². The van der Waals surface area contributed by atoms with Crippen molar-refractivity contribution in [3.05, 3.63) is 58.8 Å². The number of hydrogen-bond donors (Lipinski definition) is 1. The molecule has 2 aromatic carbocycles. The van der Waals surface area contributed by atoms with Gasteiger partial charge in [-0.3, -0.25) is 9.52 Å². The summed E-state index contributed by atoms with van der Waals surface area (Å²) < 4.78 is 44.6. The van der Waals surface area contributed by atoms with Gasteiger partial charge >= 0.3 is 0 Å². The highest BCUT2D eigenvalue weighted by molar-refractivity contribution is 7.92. The summed E-state index contributed by atoms with van der Waals surface area (Å²) >= 11 is 1.36. The van der Waals surface area contributed by atoms with Gasteiger partial charge in [-0.15, -0.1) is 11.3 Å². The number of nitrogens with one attached hydrogen (secondary N) is 1. The van der Waals surface area contributed by atoms with Gasteiger partial charge in [0.25, 0.3) is 10.0 Å². The van der Waals surface area contributed by atoms with Crippen LogP contribution in [-0.4, -0.2) is 52.3 Å². The zero-order chi connectivity index (χ0) is 22.8. The topological polar surface area (TPSA) is 94.2 Å². The maximum Gasteiger partial charge on any atom is 0.261 e. The summed E-state index contributed by atoms with van der Waals surface area (Å²) in [5.74, 6) is 1.33. The van der Waals surface area contributed by atoms with Gasteiger partial charge in [-0.25, -0.2) is 8.42 Å². The Morgan fingerprint density at radius 3 is 2.48 bits per heavy atom. The number of hydrogen-bond acceptors (Lipinski definition) is 7. The number of morpholine rings is 1. The minimum atomic E-state index is -3.81. The fraction of sp³-hybridized carbons (Fsp3) is 0.261. The summed E-state index contributed by atoms with van der Waals surface area (Å²) in [5.41, 5.74) is 2.86. The van der Waals surface area contributed by atoms with Crippen molar-refractivity contribution < 1.29 is 27.4 Å². The van der Waals surface area contributed by atoms with Crippen molar-refractivity contribution in [2.24, 2.45) is 0 Å². The first-order valence-electron chi connectivity index (χ1n) is 10.4. The van der Waals surface area contributed by atoms with Crippen molar-refractivity contribution in [3.8, 4) is 22.6 Å². The standard InChI is InChI=1S/C23H22N2O6S2/c26-23(25-7-9-29-10-8-25)12-18-13-32-14-20(18)24-33(27,28)19-4-1-16(2-5-19)17-3-6-21-22(11-17)31-15-30-21/h1-6,11,13-14,24H,7-10,12,15H2. The molecule has 0 radical (unpaired) electrons. The SMILES string of the molecule is O=C(Cc1cscc1NS(=O)(=O)c1ccc(-c2ccc3c(c2)OCO3)cc1)N1CCOCC1. The molecule has 5 rings (SSSR count). The van der Waals surface area contributed by atoms with Gasteiger partial charge < -0.3 is 19.1 Å². The monoisotopic (exact) mass is 486 g/mol. The van der Waals surface area contributed by atoms with Gasteiger partial charge in [-0.2, -0.15) is 0 Å². The molecule has 1 N–H and O–H groups in total. The number of carbonyl (C=O) groups is 1. The maximum atomic E-state index is 13.0. The second-order valence-corrected chi connectivity index (χ2v) is 10.1. The highest BCUT2D eigenvalue weighted by Crippen LogP contribution is 2.36. The molecule has 0 bridgehead atoms. The van der Waals surface area contributed by atoms with Crippen LogP contribution in [0.15, 0.2) is 58.1 Å². The summed E-state index contributed by atoms with van der Waals surface area (Å²) in [6.45, 7) is 2.36. The number of thiophene rings is 1. The predicted molar refractivity (Wildman–Crippen MR) is 124 cm³/mol. The second-order valence-electron chi connectivity index (χ2n) is 7.68. The number of benzene rings is 2. The molecule has 0 aliphatic carbocycles. The van der Waals surface area contributed by atoms with Gasteiger partial charge in [-0.05, 0) is 46.3 Å². The Morgan fingerprint density at radius 1 is 0.970 bits per heavy atom. The zero-order valence-electron chi connectivity index (χ0n) is 17.7. The third-order valence-corrected chi connectivity index (χ3v) is 7.74. The van der Waals surface area contributed by atoms with Crippen LogP contribution < -0.4 is 14.2 Å². The van der Waals surface area contributed by atoms with Crippen LogP contribution in [0, 0.1) is 0 Å². The smallest absolute Gasteiger partial charge is 0.261 e. The first-order valence-corrected chi connectivity index (χ1v) is 12.9. The van der Waals surface area contributed by atoms with Crippen molar-refractivity contribution in [3.63, 3.8) is 0 Å². The predicted octanol–water partition coefficient (Wildman–Crippen LogP) is 3.35. The summed E-state index contributed by atoms with van der Waals surface area (Å²) in [4.78, 5) is 14.5. The Kier molecular flexibility index (Phi) is 5.96. The average molecular weight is 487 g/mol. The van der Waals surface area contributed by atoms with E-state index in [0.29, 0.717) is 49.1 Å². The summed E-state index contributed by atoms with van der Waals surface area (Å²) in [5, 5.41) is 3.51. The van der Waals surface area contributed by atoms with Gasteiger partial charge in [0.15, 0.2) is 11.5 Å². The summed E-state index contributed by atoms with van der Waals surface area (Å²) in [7, 11) is -3.81. The quantitative estimate of drug-likeness (QED) is 0.574. The van der Waals surface area contributed by atoms with Crippen LogP contribution in [0.3, 0.4) is 0 Å². The molecule has 172 valence electrons. The number of sulfonamides is 1. The second kappa shape index (κ2) is 9.05. The number of fused-ring (bicyclic) bond motifs is 1. The Hall–Kier alpha value is -3.08. The molecule has 1 saturated heterocycles. The van der Waals surface area contributed by atoms with E-state index < -0.39 is 10.0 Å². The molecule has 0 atom stereocenters. The highest BCUT2D eigenvalue weighted by Gasteiger charge is 2.22. The van der Waals surface area contributed by atoms with Crippen LogP contribution in [0.25, 0.3) is 11.1 Å². The van der Waals surface area contributed by atoms with Crippen LogP contribution in [0.2, 0.25) is 0 Å². The van der Waals surface area contributed by atoms with Crippen molar-refractivity contribution in [2.45, 2.75) is 11.3 Å². The summed E-state index contributed by atoms with van der Waals surface area (Å²) in [6.07, 6.45) is 0.143. The molecular weight excluding hydrogens is 464 g/mol. The molecule has 2 aliphatic heterocycles. The van der Waals surface area contributed by atoms with Gasteiger partial charge in [0.1, 0.15) is 0 Å². The number of nitrogens with zero attached hydrogens (tertiary/aromatic N) is 1. The molecule has 33 heavy (non-hydrogen) atoms. The zero-order valence-corrected chi connectivity index (χ0v) is 19.3. The van der Waals surface area contributed by atoms with E-state index in [4.69, 9.17) is 14.2 Å². The van der Waals surface area contributed by atoms with Gasteiger partial charge in [0, 0.05) is 18.5 Å². The van der Waals surface area contributed by atoms with Crippen LogP contribution in [0.5, 0.6) is 11.5 Å². The molecular formula is C23H22N2O6S2. The van der Waals surface area contributed by atoms with E-state index in [-0.39, 0.29) is 24.0 Å². The molecule has 3 heterocycles. The van der Waals surface area contributed by atoms with Gasteiger partial charge in [-0.1, -0.05) is 18.2 Å². The Balaban J connectivity index is 1.30. The molecule has 10 heteroatoms. The third kappa shape index (κ3) is 4.68. The molecule has 1 amide bonds. The fourth-order valence-electron chi connectivity index (χ4n) is 3.74. The molecule has 1 aromatic heterocycles. The van der Waals surface area contributed by atoms with Crippen molar-refractivity contribution in [2.75, 3.05) is 37.8 Å².